The lowest BCUT2D eigenvalue weighted by Gasteiger charge is -2.19. The number of carbonyl (C=O) groups is 3. The lowest BCUT2D eigenvalue weighted by molar-refractivity contribution is -0.158. The number of carboxylic acid groups (broad SMARTS) is 1. The molecule has 0 spiro atoms. The molecule has 0 fully saturated rings. The van der Waals surface area contributed by atoms with Crippen molar-refractivity contribution in [3.63, 3.8) is 0 Å². The summed E-state index contributed by atoms with van der Waals surface area (Å²) in [5, 5.41) is 8.29. The Morgan fingerprint density at radius 2 is 1.80 bits per heavy atom. The van der Waals surface area contributed by atoms with Crippen LogP contribution in [0.15, 0.2) is 0 Å². The van der Waals surface area contributed by atoms with E-state index < -0.39 is 36.2 Å². The van der Waals surface area contributed by atoms with Crippen molar-refractivity contribution < 1.29 is 24.2 Å². The molecule has 0 unspecified atom stereocenters. The summed E-state index contributed by atoms with van der Waals surface area (Å²) in [6, 6.07) is 0. The van der Waals surface area contributed by atoms with Gasteiger partial charge in [0.2, 0.25) is 0 Å². The molecular formula is C10H16O5. The molecule has 0 aliphatic carbocycles. The SMILES string of the molecule is CCC(C)(C)C(=O)OCC(=O)CC(=O)O. The fraction of sp³-hybridized carbons (Fsp3) is 0.700. The molecule has 0 bridgehead atoms. The van der Waals surface area contributed by atoms with Crippen LogP contribution in [0.25, 0.3) is 0 Å². The molecule has 15 heavy (non-hydrogen) atoms. The highest BCUT2D eigenvalue weighted by Gasteiger charge is 2.27. The number of ketones is 1. The van der Waals surface area contributed by atoms with Gasteiger partial charge in [0.1, 0.15) is 6.42 Å². The number of hydrogen-bond acceptors (Lipinski definition) is 4. The van der Waals surface area contributed by atoms with E-state index in [1.807, 2.05) is 6.92 Å². The number of hydrogen-bond donors (Lipinski definition) is 1. The van der Waals surface area contributed by atoms with Crippen LogP contribution in [0.1, 0.15) is 33.6 Å². The second-order valence-electron chi connectivity index (χ2n) is 3.92. The second kappa shape index (κ2) is 5.48. The molecule has 0 aromatic carbocycles. The largest absolute Gasteiger partial charge is 0.481 e. The first-order valence-electron chi connectivity index (χ1n) is 4.70. The van der Waals surface area contributed by atoms with Crippen molar-refractivity contribution in [2.45, 2.75) is 33.6 Å². The molecule has 0 radical (unpaired) electrons. The summed E-state index contributed by atoms with van der Waals surface area (Å²) in [5.74, 6) is -2.31. The molecule has 0 heterocycles. The zero-order valence-electron chi connectivity index (χ0n) is 9.20. The number of esters is 1. The van der Waals surface area contributed by atoms with Gasteiger partial charge in [0.05, 0.1) is 5.41 Å². The molecule has 0 atom stereocenters. The zero-order valence-corrected chi connectivity index (χ0v) is 9.20. The molecule has 0 aliphatic heterocycles. The third-order valence-electron chi connectivity index (χ3n) is 2.15. The Morgan fingerprint density at radius 1 is 1.27 bits per heavy atom. The van der Waals surface area contributed by atoms with Crippen molar-refractivity contribution in [2.24, 2.45) is 5.41 Å². The molecule has 5 nitrogen and oxygen atoms in total. The Kier molecular flexibility index (Phi) is 4.97. The Balaban J connectivity index is 4.01. The average Bonchev–Trinajstić information content (AvgIpc) is 2.13. The molecule has 0 saturated heterocycles. The van der Waals surface area contributed by atoms with Crippen LogP contribution in [-0.2, 0) is 19.1 Å². The first-order valence-corrected chi connectivity index (χ1v) is 4.70. The summed E-state index contributed by atoms with van der Waals surface area (Å²) in [6.07, 6.45) is -0.0151. The predicted octanol–water partition coefficient (Wildman–Crippen LogP) is 1.01. The van der Waals surface area contributed by atoms with E-state index in [9.17, 15) is 14.4 Å². The molecular weight excluding hydrogens is 200 g/mol. The van der Waals surface area contributed by atoms with Gasteiger partial charge in [-0.05, 0) is 20.3 Å². The Hall–Kier alpha value is -1.39. The van der Waals surface area contributed by atoms with Crippen LogP contribution in [0.3, 0.4) is 0 Å². The standard InChI is InChI=1S/C10H16O5/c1-4-10(2,3)9(14)15-6-7(11)5-8(12)13/h4-6H2,1-3H3,(H,12,13). The van der Waals surface area contributed by atoms with Gasteiger partial charge in [0, 0.05) is 0 Å². The van der Waals surface area contributed by atoms with E-state index in [1.165, 1.54) is 0 Å². The molecule has 0 aromatic heterocycles. The normalized spacial score (nSPS) is 10.9. The van der Waals surface area contributed by atoms with E-state index in [2.05, 4.69) is 0 Å². The summed E-state index contributed by atoms with van der Waals surface area (Å²) in [7, 11) is 0. The van der Waals surface area contributed by atoms with Gasteiger partial charge in [-0.2, -0.15) is 0 Å². The Bertz CT molecular complexity index is 267. The maximum absolute atomic E-state index is 11.4. The van der Waals surface area contributed by atoms with Crippen LogP contribution in [0.5, 0.6) is 0 Å². The molecule has 5 heteroatoms. The Labute approximate surface area is 88.4 Å². The molecule has 86 valence electrons. The van der Waals surface area contributed by atoms with Crippen molar-refractivity contribution in [1.29, 1.82) is 0 Å². The van der Waals surface area contributed by atoms with Crippen molar-refractivity contribution in [3.05, 3.63) is 0 Å². The van der Waals surface area contributed by atoms with E-state index in [0.717, 1.165) is 0 Å². The van der Waals surface area contributed by atoms with Gasteiger partial charge in [-0.1, -0.05) is 6.92 Å². The van der Waals surface area contributed by atoms with Gasteiger partial charge in [-0.3, -0.25) is 14.4 Å². The van der Waals surface area contributed by atoms with E-state index in [-0.39, 0.29) is 0 Å². The van der Waals surface area contributed by atoms with Gasteiger partial charge in [0.15, 0.2) is 12.4 Å². The van der Waals surface area contributed by atoms with Gasteiger partial charge in [-0.15, -0.1) is 0 Å². The fourth-order valence-corrected chi connectivity index (χ4v) is 0.705. The van der Waals surface area contributed by atoms with E-state index in [0.29, 0.717) is 6.42 Å². The number of carbonyl (C=O) groups excluding carboxylic acids is 2. The maximum atomic E-state index is 11.4. The first-order chi connectivity index (χ1) is 6.79. The fourth-order valence-electron chi connectivity index (χ4n) is 0.705. The zero-order chi connectivity index (χ0) is 12.1. The third kappa shape index (κ3) is 5.15. The van der Waals surface area contributed by atoms with Gasteiger partial charge in [0.25, 0.3) is 0 Å². The first kappa shape index (κ1) is 13.6. The molecule has 0 rings (SSSR count). The number of Topliss-reactive ketones (excluding diaryl/α,β-unsaturated/α-hetero) is 1. The highest BCUT2D eigenvalue weighted by Crippen LogP contribution is 2.21. The highest BCUT2D eigenvalue weighted by molar-refractivity contribution is 5.96. The monoisotopic (exact) mass is 216 g/mol. The van der Waals surface area contributed by atoms with Crippen LogP contribution >= 0.6 is 0 Å². The summed E-state index contributed by atoms with van der Waals surface area (Å²) in [4.78, 5) is 32.4. The van der Waals surface area contributed by atoms with Crippen molar-refractivity contribution in [2.75, 3.05) is 6.61 Å². The molecule has 0 aliphatic rings. The lowest BCUT2D eigenvalue weighted by Crippen LogP contribution is -2.28. The topological polar surface area (TPSA) is 80.7 Å². The number of ether oxygens (including phenoxy) is 1. The number of carboxylic acids is 1. The summed E-state index contributed by atoms with van der Waals surface area (Å²) in [5.41, 5.74) is -0.635. The smallest absolute Gasteiger partial charge is 0.311 e. The predicted molar refractivity (Wildman–Crippen MR) is 52.3 cm³/mol. The minimum absolute atomic E-state index is 0.464. The van der Waals surface area contributed by atoms with E-state index in [4.69, 9.17) is 9.84 Å². The Morgan fingerprint density at radius 3 is 2.20 bits per heavy atom. The van der Waals surface area contributed by atoms with Gasteiger partial charge in [-0.25, -0.2) is 0 Å². The van der Waals surface area contributed by atoms with Crippen molar-refractivity contribution in [3.8, 4) is 0 Å². The lowest BCUT2D eigenvalue weighted by atomic mass is 9.91. The minimum Gasteiger partial charge on any atom is -0.481 e. The van der Waals surface area contributed by atoms with Crippen LogP contribution in [-0.4, -0.2) is 29.4 Å². The minimum atomic E-state index is -1.22. The molecule has 1 N–H and O–H groups in total. The second-order valence-corrected chi connectivity index (χ2v) is 3.92. The third-order valence-corrected chi connectivity index (χ3v) is 2.15. The molecule has 0 aromatic rings. The van der Waals surface area contributed by atoms with Gasteiger partial charge >= 0.3 is 11.9 Å². The van der Waals surface area contributed by atoms with Crippen molar-refractivity contribution in [1.82, 2.24) is 0 Å². The average molecular weight is 216 g/mol. The van der Waals surface area contributed by atoms with E-state index in [1.54, 1.807) is 13.8 Å². The number of rotatable bonds is 6. The van der Waals surface area contributed by atoms with Crippen LogP contribution in [0.4, 0.5) is 0 Å². The van der Waals surface area contributed by atoms with Crippen molar-refractivity contribution >= 4 is 17.7 Å². The van der Waals surface area contributed by atoms with E-state index >= 15 is 0 Å². The maximum Gasteiger partial charge on any atom is 0.311 e. The number of aliphatic carboxylic acids is 1. The van der Waals surface area contributed by atoms with Crippen LogP contribution < -0.4 is 0 Å². The summed E-state index contributed by atoms with van der Waals surface area (Å²) in [6.45, 7) is 4.78. The van der Waals surface area contributed by atoms with Gasteiger partial charge < -0.3 is 9.84 Å². The summed E-state index contributed by atoms with van der Waals surface area (Å²) < 4.78 is 4.71. The summed E-state index contributed by atoms with van der Waals surface area (Å²) >= 11 is 0. The molecule has 0 saturated carbocycles. The quantitative estimate of drug-likeness (QED) is 0.529. The van der Waals surface area contributed by atoms with Crippen LogP contribution in [0.2, 0.25) is 0 Å². The highest BCUT2D eigenvalue weighted by atomic mass is 16.5. The van der Waals surface area contributed by atoms with Crippen LogP contribution in [0, 0.1) is 5.41 Å². The molecule has 0 amide bonds.